The Kier molecular flexibility index (Phi) is 6.79. The van der Waals surface area contributed by atoms with Crippen LogP contribution in [-0.4, -0.2) is 29.1 Å². The van der Waals surface area contributed by atoms with Crippen molar-refractivity contribution in [2.45, 2.75) is 26.7 Å². The molecule has 84 valence electrons. The molecular formula is C8H18NO4P. The molecule has 0 rings (SSSR count). The van der Waals surface area contributed by atoms with E-state index in [-0.39, 0.29) is 12.8 Å². The maximum Gasteiger partial charge on any atom is 0.333 e. The van der Waals surface area contributed by atoms with Gasteiger partial charge in [-0.3, -0.25) is 4.57 Å². The molecule has 0 saturated carbocycles. The number of rotatable bonds is 7. The highest BCUT2D eigenvalue weighted by molar-refractivity contribution is 7.53. The molecule has 1 atom stereocenters. The van der Waals surface area contributed by atoms with Crippen LogP contribution in [0, 0.1) is 5.92 Å². The van der Waals surface area contributed by atoms with Gasteiger partial charge in [0.15, 0.2) is 0 Å². The second-order valence-corrected chi connectivity index (χ2v) is 5.39. The zero-order valence-electron chi connectivity index (χ0n) is 8.59. The Morgan fingerprint density at radius 2 is 2.21 bits per heavy atom. The smallest absolute Gasteiger partial charge is 0.333 e. The predicted molar refractivity (Wildman–Crippen MR) is 55.0 cm³/mol. The number of nitrogens with zero attached hydrogens (tertiary/aromatic N) is 1. The van der Waals surface area contributed by atoms with E-state index in [0.717, 1.165) is 19.1 Å². The summed E-state index contributed by atoms with van der Waals surface area (Å²) < 4.78 is 15.9. The van der Waals surface area contributed by atoms with E-state index in [1.165, 1.54) is 0 Å². The highest BCUT2D eigenvalue weighted by Crippen LogP contribution is 2.40. The van der Waals surface area contributed by atoms with Crippen LogP contribution in [0.4, 0.5) is 0 Å². The summed E-state index contributed by atoms with van der Waals surface area (Å²) in [5, 5.41) is 10.7. The Bertz CT molecular complexity index is 217. The van der Waals surface area contributed by atoms with E-state index >= 15 is 0 Å². The fourth-order valence-electron chi connectivity index (χ4n) is 0.891. The third-order valence-corrected chi connectivity index (χ3v) is 2.82. The molecule has 14 heavy (non-hydrogen) atoms. The van der Waals surface area contributed by atoms with Gasteiger partial charge in [0.25, 0.3) is 0 Å². The van der Waals surface area contributed by atoms with Crippen LogP contribution >= 0.6 is 7.60 Å². The Morgan fingerprint density at radius 1 is 1.57 bits per heavy atom. The van der Waals surface area contributed by atoms with Crippen molar-refractivity contribution in [1.29, 1.82) is 0 Å². The minimum absolute atomic E-state index is 0.245. The molecule has 0 fully saturated rings. The third-order valence-electron chi connectivity index (χ3n) is 1.61. The molecule has 0 amide bonds. The average molecular weight is 223 g/mol. The van der Waals surface area contributed by atoms with Crippen LogP contribution < -0.4 is 0 Å². The second kappa shape index (κ2) is 6.98. The number of hydrogen-bond donors (Lipinski definition) is 2. The highest BCUT2D eigenvalue weighted by Gasteiger charge is 2.17. The Morgan fingerprint density at radius 3 is 2.71 bits per heavy atom. The van der Waals surface area contributed by atoms with Gasteiger partial charge in [-0.1, -0.05) is 13.8 Å². The van der Waals surface area contributed by atoms with Crippen LogP contribution in [0.15, 0.2) is 5.16 Å². The summed E-state index contributed by atoms with van der Waals surface area (Å²) in [6, 6.07) is 0. The van der Waals surface area contributed by atoms with Gasteiger partial charge in [-0.25, -0.2) is 0 Å². The van der Waals surface area contributed by atoms with Gasteiger partial charge < -0.3 is 14.6 Å². The first-order chi connectivity index (χ1) is 6.48. The van der Waals surface area contributed by atoms with Gasteiger partial charge >= 0.3 is 7.60 Å². The molecule has 2 N–H and O–H groups in total. The Hall–Kier alpha value is -0.380. The molecule has 0 spiro atoms. The quantitative estimate of drug-likeness (QED) is 0.228. The zero-order valence-corrected chi connectivity index (χ0v) is 9.48. The van der Waals surface area contributed by atoms with Crippen molar-refractivity contribution in [2.24, 2.45) is 11.1 Å². The van der Waals surface area contributed by atoms with Crippen LogP contribution in [0.5, 0.6) is 0 Å². The van der Waals surface area contributed by atoms with Crippen molar-refractivity contribution in [3.63, 3.8) is 0 Å². The van der Waals surface area contributed by atoms with Crippen LogP contribution in [0.2, 0.25) is 0 Å². The maximum atomic E-state index is 11.1. The van der Waals surface area contributed by atoms with Crippen molar-refractivity contribution in [1.82, 2.24) is 0 Å². The summed E-state index contributed by atoms with van der Waals surface area (Å²) in [4.78, 5) is 9.14. The lowest BCUT2D eigenvalue weighted by atomic mass is 10.1. The first-order valence-electron chi connectivity index (χ1n) is 4.60. The van der Waals surface area contributed by atoms with Crippen molar-refractivity contribution in [3.05, 3.63) is 0 Å². The fourth-order valence-corrected chi connectivity index (χ4v) is 1.69. The normalized spacial score (nSPS) is 16.3. The lowest BCUT2D eigenvalue weighted by Crippen LogP contribution is -1.99. The van der Waals surface area contributed by atoms with Crippen LogP contribution in [0.25, 0.3) is 0 Å². The van der Waals surface area contributed by atoms with Gasteiger partial charge in [0.1, 0.15) is 0 Å². The summed E-state index contributed by atoms with van der Waals surface area (Å²) >= 11 is 0. The van der Waals surface area contributed by atoms with Crippen LogP contribution in [-0.2, 0) is 9.09 Å². The van der Waals surface area contributed by atoms with Gasteiger partial charge in [-0.2, -0.15) is 0 Å². The zero-order chi connectivity index (χ0) is 11.0. The fraction of sp³-hybridized carbons (Fsp3) is 0.875. The molecule has 0 bridgehead atoms. The molecule has 0 saturated heterocycles. The summed E-state index contributed by atoms with van der Waals surface area (Å²) in [7, 11) is -3.58. The van der Waals surface area contributed by atoms with Gasteiger partial charge in [-0.15, -0.1) is 5.16 Å². The maximum absolute atomic E-state index is 11.1. The molecule has 0 aromatic rings. The minimum Gasteiger partial charge on any atom is -0.411 e. The molecule has 0 aliphatic rings. The SMILES string of the molecule is CC(C)CCCOP(=O)(O)CC=NO. The summed E-state index contributed by atoms with van der Waals surface area (Å²) in [6.07, 6.45) is 2.45. The molecule has 0 aromatic carbocycles. The van der Waals surface area contributed by atoms with Crippen molar-refractivity contribution < 1.29 is 19.2 Å². The molecule has 6 heteroatoms. The molecule has 0 radical (unpaired) electrons. The second-order valence-electron chi connectivity index (χ2n) is 3.49. The van der Waals surface area contributed by atoms with Crippen molar-refractivity contribution in [3.8, 4) is 0 Å². The van der Waals surface area contributed by atoms with E-state index in [2.05, 4.69) is 19.0 Å². The van der Waals surface area contributed by atoms with Gasteiger partial charge in [0.05, 0.1) is 19.0 Å². The van der Waals surface area contributed by atoms with Crippen molar-refractivity contribution >= 4 is 13.8 Å². The van der Waals surface area contributed by atoms with Crippen LogP contribution in [0.1, 0.15) is 26.7 Å². The van der Waals surface area contributed by atoms with Gasteiger partial charge in [0.2, 0.25) is 0 Å². The first kappa shape index (κ1) is 13.6. The molecule has 0 aromatic heterocycles. The molecule has 0 heterocycles. The number of hydrogen-bond acceptors (Lipinski definition) is 4. The lowest BCUT2D eigenvalue weighted by molar-refractivity contribution is 0.251. The topological polar surface area (TPSA) is 79.1 Å². The predicted octanol–water partition coefficient (Wildman–Crippen LogP) is 2.08. The van der Waals surface area contributed by atoms with E-state index in [4.69, 9.17) is 14.6 Å². The summed E-state index contributed by atoms with van der Waals surface area (Å²) in [5.74, 6) is 0.565. The average Bonchev–Trinajstić information content (AvgIpc) is 2.09. The Labute approximate surface area is 84.3 Å². The third kappa shape index (κ3) is 8.23. The van der Waals surface area contributed by atoms with E-state index in [0.29, 0.717) is 5.92 Å². The Balaban J connectivity index is 3.60. The van der Waals surface area contributed by atoms with Crippen LogP contribution in [0.3, 0.4) is 0 Å². The van der Waals surface area contributed by atoms with Crippen molar-refractivity contribution in [2.75, 3.05) is 12.8 Å². The standard InChI is InChI=1S/C8H18NO4P/c1-8(2)4-3-6-13-14(11,12)7-5-9-10/h5,8,10H,3-4,6-7H2,1-2H3,(H,11,12). The molecule has 0 aliphatic heterocycles. The monoisotopic (exact) mass is 223 g/mol. The minimum atomic E-state index is -3.58. The number of oxime groups is 1. The van der Waals surface area contributed by atoms with E-state index < -0.39 is 7.60 Å². The van der Waals surface area contributed by atoms with E-state index in [1.54, 1.807) is 0 Å². The first-order valence-corrected chi connectivity index (χ1v) is 6.36. The van der Waals surface area contributed by atoms with Gasteiger partial charge in [-0.05, 0) is 18.8 Å². The summed E-state index contributed by atoms with van der Waals surface area (Å²) in [5.41, 5.74) is 0. The molecule has 5 nitrogen and oxygen atoms in total. The molecule has 1 unspecified atom stereocenters. The van der Waals surface area contributed by atoms with E-state index in [1.807, 2.05) is 0 Å². The largest absolute Gasteiger partial charge is 0.411 e. The van der Waals surface area contributed by atoms with Gasteiger partial charge in [0, 0.05) is 0 Å². The van der Waals surface area contributed by atoms with E-state index in [9.17, 15) is 4.57 Å². The highest BCUT2D eigenvalue weighted by atomic mass is 31.2. The summed E-state index contributed by atoms with van der Waals surface area (Å²) in [6.45, 7) is 4.43. The molecular weight excluding hydrogens is 205 g/mol. The lowest BCUT2D eigenvalue weighted by Gasteiger charge is -2.10. The molecule has 0 aliphatic carbocycles.